The molecule has 7 heteroatoms. The number of thiophene rings is 1. The van der Waals surface area contributed by atoms with Crippen LogP contribution in [0.25, 0.3) is 0 Å². The monoisotopic (exact) mass is 472 g/mol. The first-order valence-electron chi connectivity index (χ1n) is 8.13. The maximum atomic E-state index is 6.15. The molecule has 0 aliphatic carbocycles. The lowest BCUT2D eigenvalue weighted by Crippen LogP contribution is -2.38. The predicted molar refractivity (Wildman–Crippen MR) is 115 cm³/mol. The summed E-state index contributed by atoms with van der Waals surface area (Å²) in [6, 6.07) is 12.7. The molecule has 1 aliphatic heterocycles. The Morgan fingerprint density at radius 1 is 1.36 bits per heavy atom. The minimum Gasteiger partial charge on any atom is -0.493 e. The van der Waals surface area contributed by atoms with Crippen LogP contribution in [0.15, 0.2) is 46.8 Å². The lowest BCUT2D eigenvalue weighted by molar-refractivity contribution is 0.262. The highest BCUT2D eigenvalue weighted by Crippen LogP contribution is 2.31. The van der Waals surface area contributed by atoms with Gasteiger partial charge in [-0.2, -0.15) is 0 Å². The minimum absolute atomic E-state index is 0. The average Bonchev–Trinajstić information content (AvgIpc) is 3.09. The molecule has 2 heterocycles. The van der Waals surface area contributed by atoms with Crippen LogP contribution in [0.5, 0.6) is 5.75 Å². The number of aliphatic imine (C=N–C) groups is 1. The second kappa shape index (κ2) is 9.40. The van der Waals surface area contributed by atoms with Gasteiger partial charge in [0, 0.05) is 16.9 Å². The maximum Gasteiger partial charge on any atom is 0.189 e. The van der Waals surface area contributed by atoms with E-state index in [1.54, 1.807) is 11.3 Å². The molecule has 0 saturated carbocycles. The number of ether oxygens (including phenoxy) is 1. The summed E-state index contributed by atoms with van der Waals surface area (Å²) in [5.74, 6) is 1.42. The number of nitrogens with zero attached hydrogens (tertiary/aromatic N) is 2. The number of hydrogen-bond donors (Lipinski definition) is 2. The number of halogens is 1. The van der Waals surface area contributed by atoms with Crippen molar-refractivity contribution in [2.75, 3.05) is 27.2 Å². The van der Waals surface area contributed by atoms with Gasteiger partial charge in [-0.25, -0.2) is 0 Å². The minimum atomic E-state index is 0. The summed E-state index contributed by atoms with van der Waals surface area (Å²) in [5, 5.41) is 5.44. The van der Waals surface area contributed by atoms with Gasteiger partial charge < -0.3 is 20.7 Å². The summed E-state index contributed by atoms with van der Waals surface area (Å²) >= 11 is 1.75. The first-order chi connectivity index (χ1) is 11.6. The van der Waals surface area contributed by atoms with Gasteiger partial charge in [-0.1, -0.05) is 24.3 Å². The summed E-state index contributed by atoms with van der Waals surface area (Å²) in [4.78, 5) is 8.05. The fourth-order valence-corrected chi connectivity index (χ4v) is 3.80. The Balaban J connectivity index is 0.00000225. The molecule has 25 heavy (non-hydrogen) atoms. The molecule has 0 bridgehead atoms. The number of nitrogens with one attached hydrogen (secondary N) is 1. The molecule has 1 aromatic heterocycles. The number of rotatable bonds is 5. The lowest BCUT2D eigenvalue weighted by Gasteiger charge is -2.27. The SMILES string of the molecule is CN(C)C(CN=C(N)NC1CCOc2ccccc21)c1cccs1.I. The molecule has 0 saturated heterocycles. The highest BCUT2D eigenvalue weighted by molar-refractivity contribution is 14.0. The van der Waals surface area contributed by atoms with Crippen molar-refractivity contribution in [3.8, 4) is 5.75 Å². The molecule has 5 nitrogen and oxygen atoms in total. The maximum absolute atomic E-state index is 6.15. The second-order valence-corrected chi connectivity index (χ2v) is 7.07. The topological polar surface area (TPSA) is 62.9 Å². The molecule has 0 spiro atoms. The van der Waals surface area contributed by atoms with Crippen molar-refractivity contribution in [2.24, 2.45) is 10.7 Å². The second-order valence-electron chi connectivity index (χ2n) is 6.09. The molecule has 1 aliphatic rings. The first kappa shape index (κ1) is 20.0. The smallest absolute Gasteiger partial charge is 0.189 e. The van der Waals surface area contributed by atoms with Gasteiger partial charge in [0.15, 0.2) is 5.96 Å². The molecule has 136 valence electrons. The summed E-state index contributed by atoms with van der Waals surface area (Å²) in [6.07, 6.45) is 0.884. The van der Waals surface area contributed by atoms with E-state index in [0.29, 0.717) is 19.1 Å². The molecule has 3 rings (SSSR count). The Morgan fingerprint density at radius 2 is 2.16 bits per heavy atom. The van der Waals surface area contributed by atoms with Crippen LogP contribution in [0.1, 0.15) is 28.9 Å². The third kappa shape index (κ3) is 5.08. The van der Waals surface area contributed by atoms with Gasteiger partial charge in [-0.3, -0.25) is 4.99 Å². The van der Waals surface area contributed by atoms with Gasteiger partial charge in [0.2, 0.25) is 0 Å². The number of hydrogen-bond acceptors (Lipinski definition) is 4. The van der Waals surface area contributed by atoms with Gasteiger partial charge in [0.05, 0.1) is 25.2 Å². The Bertz CT molecular complexity index is 690. The third-order valence-electron chi connectivity index (χ3n) is 4.21. The van der Waals surface area contributed by atoms with E-state index in [9.17, 15) is 0 Å². The zero-order chi connectivity index (χ0) is 16.9. The Kier molecular flexibility index (Phi) is 7.52. The molecule has 0 amide bonds. The molecule has 1 aromatic carbocycles. The van der Waals surface area contributed by atoms with Gasteiger partial charge >= 0.3 is 0 Å². The third-order valence-corrected chi connectivity index (χ3v) is 5.18. The quantitative estimate of drug-likeness (QED) is 0.398. The van der Waals surface area contributed by atoms with Crippen LogP contribution in [0, 0.1) is 0 Å². The predicted octanol–water partition coefficient (Wildman–Crippen LogP) is 3.40. The van der Waals surface area contributed by atoms with Crippen LogP contribution in [-0.2, 0) is 0 Å². The van der Waals surface area contributed by atoms with E-state index in [1.807, 2.05) is 18.2 Å². The number of fused-ring (bicyclic) bond motifs is 1. The zero-order valence-electron chi connectivity index (χ0n) is 14.5. The van der Waals surface area contributed by atoms with E-state index in [2.05, 4.69) is 52.9 Å². The van der Waals surface area contributed by atoms with Gasteiger partial charge in [-0.15, -0.1) is 35.3 Å². The largest absolute Gasteiger partial charge is 0.493 e. The number of likely N-dealkylation sites (N-methyl/N-ethyl adjacent to an activating group) is 1. The highest BCUT2D eigenvalue weighted by atomic mass is 127. The molecular formula is C18H25IN4OS. The van der Waals surface area contributed by atoms with E-state index < -0.39 is 0 Å². The summed E-state index contributed by atoms with van der Waals surface area (Å²) in [6.45, 7) is 1.33. The van der Waals surface area contributed by atoms with Gasteiger partial charge in [-0.05, 0) is 31.6 Å². The van der Waals surface area contributed by atoms with E-state index >= 15 is 0 Å². The van der Waals surface area contributed by atoms with Crippen molar-refractivity contribution in [1.29, 1.82) is 0 Å². The van der Waals surface area contributed by atoms with Crippen LogP contribution < -0.4 is 15.8 Å². The normalized spacial score (nSPS) is 18.0. The molecule has 0 fully saturated rings. The van der Waals surface area contributed by atoms with Crippen molar-refractivity contribution in [3.05, 3.63) is 52.2 Å². The molecular weight excluding hydrogens is 447 g/mol. The van der Waals surface area contributed by atoms with Crippen molar-refractivity contribution < 1.29 is 4.74 Å². The van der Waals surface area contributed by atoms with E-state index in [-0.39, 0.29) is 36.1 Å². The molecule has 2 unspecified atom stereocenters. The summed E-state index contributed by atoms with van der Waals surface area (Å²) in [7, 11) is 4.14. The molecule has 0 radical (unpaired) electrons. The van der Waals surface area contributed by atoms with Crippen LogP contribution in [-0.4, -0.2) is 38.1 Å². The van der Waals surface area contributed by atoms with Crippen LogP contribution >= 0.6 is 35.3 Å². The average molecular weight is 472 g/mol. The van der Waals surface area contributed by atoms with Crippen LogP contribution in [0.2, 0.25) is 0 Å². The van der Waals surface area contributed by atoms with Crippen molar-refractivity contribution in [3.63, 3.8) is 0 Å². The number of para-hydroxylation sites is 1. The first-order valence-corrected chi connectivity index (χ1v) is 9.01. The van der Waals surface area contributed by atoms with Gasteiger partial charge in [0.1, 0.15) is 5.75 Å². The van der Waals surface area contributed by atoms with Crippen LogP contribution in [0.4, 0.5) is 0 Å². The van der Waals surface area contributed by atoms with Crippen LogP contribution in [0.3, 0.4) is 0 Å². The Morgan fingerprint density at radius 3 is 2.88 bits per heavy atom. The van der Waals surface area contributed by atoms with Gasteiger partial charge in [0.25, 0.3) is 0 Å². The number of nitrogens with two attached hydrogens (primary N) is 1. The Labute approximate surface area is 170 Å². The zero-order valence-corrected chi connectivity index (χ0v) is 17.7. The van der Waals surface area contributed by atoms with Crippen molar-refractivity contribution in [2.45, 2.75) is 18.5 Å². The Hall–Kier alpha value is -1.32. The van der Waals surface area contributed by atoms with Crippen molar-refractivity contribution in [1.82, 2.24) is 10.2 Å². The van der Waals surface area contributed by atoms with E-state index in [4.69, 9.17) is 10.5 Å². The highest BCUT2D eigenvalue weighted by Gasteiger charge is 2.21. The molecule has 3 N–H and O–H groups in total. The summed E-state index contributed by atoms with van der Waals surface area (Å²) < 4.78 is 5.69. The fraction of sp³-hybridized carbons (Fsp3) is 0.389. The number of benzene rings is 1. The van der Waals surface area contributed by atoms with E-state index in [0.717, 1.165) is 17.7 Å². The summed E-state index contributed by atoms with van der Waals surface area (Å²) in [5.41, 5.74) is 7.29. The van der Waals surface area contributed by atoms with Crippen molar-refractivity contribution >= 4 is 41.3 Å². The molecule has 2 aromatic rings. The number of guanidine groups is 1. The molecule has 2 atom stereocenters. The lowest BCUT2D eigenvalue weighted by atomic mass is 10.0. The standard InChI is InChI=1S/C18H24N4OS.HI/c1-22(2)15(17-8-5-11-24-17)12-20-18(19)21-14-9-10-23-16-7-4-3-6-13(14)16;/h3-8,11,14-15H,9-10,12H2,1-2H3,(H3,19,20,21);1H. The fourth-order valence-electron chi connectivity index (χ4n) is 2.89. The van der Waals surface area contributed by atoms with E-state index in [1.165, 1.54) is 4.88 Å².